The van der Waals surface area contributed by atoms with Crippen LogP contribution in [0.2, 0.25) is 10.0 Å². The van der Waals surface area contributed by atoms with Gasteiger partial charge in [0, 0.05) is 5.02 Å². The molecule has 2 rings (SSSR count). The summed E-state index contributed by atoms with van der Waals surface area (Å²) in [6, 6.07) is 10.0. The average molecular weight is 381 g/mol. The van der Waals surface area contributed by atoms with Crippen molar-refractivity contribution in [1.82, 2.24) is 10.9 Å². The monoisotopic (exact) mass is 380 g/mol. The fourth-order valence-corrected chi connectivity index (χ4v) is 2.50. The lowest BCUT2D eigenvalue weighted by Crippen LogP contribution is -2.47. The Hall–Kier alpha value is -2.24. The van der Waals surface area contributed by atoms with E-state index in [1.165, 1.54) is 18.2 Å². The third kappa shape index (κ3) is 5.11. The Kier molecular flexibility index (Phi) is 6.28. The summed E-state index contributed by atoms with van der Waals surface area (Å²) in [5, 5.41) is 0.611. The first-order valence-corrected chi connectivity index (χ1v) is 8.32. The molecular formula is C18H18Cl2N2O3. The van der Waals surface area contributed by atoms with E-state index < -0.39 is 17.9 Å². The molecule has 0 bridgehead atoms. The molecule has 25 heavy (non-hydrogen) atoms. The van der Waals surface area contributed by atoms with Crippen LogP contribution in [0.5, 0.6) is 5.75 Å². The van der Waals surface area contributed by atoms with Gasteiger partial charge in [0.2, 0.25) is 0 Å². The maximum Gasteiger partial charge on any atom is 0.279 e. The summed E-state index contributed by atoms with van der Waals surface area (Å²) in [6.45, 7) is 5.54. The van der Waals surface area contributed by atoms with Gasteiger partial charge >= 0.3 is 0 Å². The molecule has 2 aromatic rings. The van der Waals surface area contributed by atoms with Gasteiger partial charge < -0.3 is 4.74 Å². The summed E-state index contributed by atoms with van der Waals surface area (Å²) >= 11 is 11.7. The van der Waals surface area contributed by atoms with Crippen molar-refractivity contribution in [2.45, 2.75) is 26.9 Å². The number of hydrogen-bond acceptors (Lipinski definition) is 3. The van der Waals surface area contributed by atoms with Crippen molar-refractivity contribution in [3.8, 4) is 5.75 Å². The van der Waals surface area contributed by atoms with Crippen LogP contribution >= 0.6 is 23.2 Å². The summed E-state index contributed by atoms with van der Waals surface area (Å²) in [5.74, 6) is -0.456. The summed E-state index contributed by atoms with van der Waals surface area (Å²) in [5.41, 5.74) is 7.02. The van der Waals surface area contributed by atoms with E-state index >= 15 is 0 Å². The van der Waals surface area contributed by atoms with Crippen LogP contribution in [0.25, 0.3) is 0 Å². The summed E-state index contributed by atoms with van der Waals surface area (Å²) in [6.07, 6.45) is -0.789. The number of ether oxygens (including phenoxy) is 1. The molecule has 2 N–H and O–H groups in total. The zero-order valence-corrected chi connectivity index (χ0v) is 15.5. The van der Waals surface area contributed by atoms with Crippen LogP contribution in [-0.2, 0) is 4.79 Å². The molecule has 5 nitrogen and oxygen atoms in total. The smallest absolute Gasteiger partial charge is 0.279 e. The van der Waals surface area contributed by atoms with Gasteiger partial charge in [-0.25, -0.2) is 0 Å². The second-order valence-corrected chi connectivity index (χ2v) is 6.42. The molecule has 0 spiro atoms. The molecule has 0 aromatic heterocycles. The predicted octanol–water partition coefficient (Wildman–Crippen LogP) is 3.84. The largest absolute Gasteiger partial charge is 0.481 e. The van der Waals surface area contributed by atoms with Crippen LogP contribution in [0.3, 0.4) is 0 Å². The zero-order chi connectivity index (χ0) is 18.6. The van der Waals surface area contributed by atoms with E-state index in [0.29, 0.717) is 10.8 Å². The van der Waals surface area contributed by atoms with E-state index in [1.54, 1.807) is 13.0 Å². The minimum atomic E-state index is -0.789. The van der Waals surface area contributed by atoms with Gasteiger partial charge in [0.25, 0.3) is 11.8 Å². The average Bonchev–Trinajstić information content (AvgIpc) is 2.55. The minimum absolute atomic E-state index is 0.193. The van der Waals surface area contributed by atoms with E-state index in [2.05, 4.69) is 10.9 Å². The molecule has 0 saturated heterocycles. The van der Waals surface area contributed by atoms with Crippen LogP contribution in [0.4, 0.5) is 0 Å². The predicted molar refractivity (Wildman–Crippen MR) is 98.1 cm³/mol. The second kappa shape index (κ2) is 8.23. The molecule has 2 amide bonds. The Morgan fingerprint density at radius 3 is 2.36 bits per heavy atom. The Bertz CT molecular complexity index is 809. The maximum absolute atomic E-state index is 12.1. The van der Waals surface area contributed by atoms with Crippen molar-refractivity contribution in [3.05, 3.63) is 63.1 Å². The number of aryl methyl sites for hydroxylation is 2. The van der Waals surface area contributed by atoms with Gasteiger partial charge in [-0.1, -0.05) is 29.3 Å². The summed E-state index contributed by atoms with van der Waals surface area (Å²) < 4.78 is 5.58. The number of amides is 2. The number of nitrogens with one attached hydrogen (secondary N) is 2. The fourth-order valence-electron chi connectivity index (χ4n) is 2.01. The van der Waals surface area contributed by atoms with Crippen molar-refractivity contribution in [3.63, 3.8) is 0 Å². The summed E-state index contributed by atoms with van der Waals surface area (Å²) in [7, 11) is 0. The number of hydrogen-bond donors (Lipinski definition) is 2. The van der Waals surface area contributed by atoms with Crippen LogP contribution in [-0.4, -0.2) is 17.9 Å². The molecule has 1 unspecified atom stereocenters. The highest BCUT2D eigenvalue weighted by Crippen LogP contribution is 2.21. The Balaban J connectivity index is 1.92. The molecular weight excluding hydrogens is 363 g/mol. The third-order valence-corrected chi connectivity index (χ3v) is 4.18. The van der Waals surface area contributed by atoms with Crippen molar-refractivity contribution in [2.75, 3.05) is 0 Å². The highest BCUT2D eigenvalue weighted by Gasteiger charge is 2.17. The Labute approximate surface area is 156 Å². The van der Waals surface area contributed by atoms with Gasteiger partial charge in [0.05, 0.1) is 10.6 Å². The lowest BCUT2D eigenvalue weighted by atomic mass is 10.1. The van der Waals surface area contributed by atoms with E-state index in [-0.39, 0.29) is 10.6 Å². The maximum atomic E-state index is 12.1. The molecule has 0 aliphatic rings. The third-order valence-electron chi connectivity index (χ3n) is 3.64. The van der Waals surface area contributed by atoms with Crippen molar-refractivity contribution >= 4 is 35.0 Å². The van der Waals surface area contributed by atoms with Gasteiger partial charge in [0.1, 0.15) is 5.75 Å². The van der Waals surface area contributed by atoms with Gasteiger partial charge in [-0.15, -0.1) is 0 Å². The topological polar surface area (TPSA) is 67.4 Å². The lowest BCUT2D eigenvalue weighted by molar-refractivity contribution is -0.128. The van der Waals surface area contributed by atoms with E-state index in [4.69, 9.17) is 27.9 Å². The van der Waals surface area contributed by atoms with Crippen LogP contribution in [0, 0.1) is 13.8 Å². The normalized spacial score (nSPS) is 11.6. The number of hydrazine groups is 1. The SMILES string of the molecule is Cc1ccc(OC(C)C(=O)NNC(=O)c2ccc(Cl)cc2Cl)cc1C. The first kappa shape index (κ1) is 19.1. The fraction of sp³-hybridized carbons (Fsp3) is 0.222. The highest BCUT2D eigenvalue weighted by atomic mass is 35.5. The van der Waals surface area contributed by atoms with Crippen molar-refractivity contribution in [2.24, 2.45) is 0 Å². The summed E-state index contributed by atoms with van der Waals surface area (Å²) in [4.78, 5) is 24.1. The second-order valence-electron chi connectivity index (χ2n) is 5.57. The van der Waals surface area contributed by atoms with Gasteiger partial charge in [0.15, 0.2) is 6.10 Å². The molecule has 1 atom stereocenters. The van der Waals surface area contributed by atoms with E-state index in [9.17, 15) is 9.59 Å². The molecule has 0 radical (unpaired) electrons. The minimum Gasteiger partial charge on any atom is -0.481 e. The molecule has 0 aliphatic heterocycles. The van der Waals surface area contributed by atoms with E-state index in [1.807, 2.05) is 26.0 Å². The number of carbonyl (C=O) groups is 2. The van der Waals surface area contributed by atoms with Crippen molar-refractivity contribution in [1.29, 1.82) is 0 Å². The molecule has 0 saturated carbocycles. The van der Waals surface area contributed by atoms with Crippen molar-refractivity contribution < 1.29 is 14.3 Å². The number of halogens is 2. The zero-order valence-electron chi connectivity index (χ0n) is 14.0. The molecule has 7 heteroatoms. The molecule has 2 aromatic carbocycles. The van der Waals surface area contributed by atoms with Crippen LogP contribution in [0.1, 0.15) is 28.4 Å². The molecule has 0 fully saturated rings. The Morgan fingerprint density at radius 2 is 1.72 bits per heavy atom. The molecule has 0 aliphatic carbocycles. The first-order valence-electron chi connectivity index (χ1n) is 7.57. The quantitative estimate of drug-likeness (QED) is 0.791. The van der Waals surface area contributed by atoms with Crippen LogP contribution in [0.15, 0.2) is 36.4 Å². The van der Waals surface area contributed by atoms with Gasteiger partial charge in [-0.3, -0.25) is 20.4 Å². The number of benzene rings is 2. The number of rotatable bonds is 4. The highest BCUT2D eigenvalue weighted by molar-refractivity contribution is 6.36. The lowest BCUT2D eigenvalue weighted by Gasteiger charge is -2.16. The number of carbonyl (C=O) groups excluding carboxylic acids is 2. The standard InChI is InChI=1S/C18H18Cl2N2O3/c1-10-4-6-14(8-11(10)2)25-12(3)17(23)21-22-18(24)15-7-5-13(19)9-16(15)20/h4-9,12H,1-3H3,(H,21,23)(H,22,24). The molecule has 132 valence electrons. The van der Waals surface area contributed by atoms with E-state index in [0.717, 1.165) is 11.1 Å². The van der Waals surface area contributed by atoms with Gasteiger partial charge in [-0.2, -0.15) is 0 Å². The van der Waals surface area contributed by atoms with Gasteiger partial charge in [-0.05, 0) is 62.2 Å². The molecule has 0 heterocycles. The first-order chi connectivity index (χ1) is 11.8. The van der Waals surface area contributed by atoms with Crippen LogP contribution < -0.4 is 15.6 Å². The Morgan fingerprint density at radius 1 is 1.00 bits per heavy atom.